The number of aromatic nitrogens is 4. The van der Waals surface area contributed by atoms with Crippen molar-refractivity contribution in [2.24, 2.45) is 0 Å². The number of rotatable bonds is 3. The molecule has 98 valence electrons. The Balaban J connectivity index is 1.80. The van der Waals surface area contributed by atoms with E-state index in [1.54, 1.807) is 12.3 Å². The molecule has 19 heavy (non-hydrogen) atoms. The van der Waals surface area contributed by atoms with E-state index in [0.717, 1.165) is 24.2 Å². The van der Waals surface area contributed by atoms with Gasteiger partial charge in [-0.15, -0.1) is 5.10 Å². The molecule has 0 bridgehead atoms. The van der Waals surface area contributed by atoms with E-state index in [0.29, 0.717) is 11.6 Å². The molecule has 1 fully saturated rings. The molecule has 0 aromatic carbocycles. The SMILES string of the molecule is Cc1ccnc(Cl)c1NC(=O)c1n[nH]c(C2CC2)n1. The number of hydrogen-bond acceptors (Lipinski definition) is 4. The smallest absolute Gasteiger partial charge is 0.295 e. The Hall–Kier alpha value is -1.95. The van der Waals surface area contributed by atoms with E-state index in [4.69, 9.17) is 11.6 Å². The molecule has 2 aromatic heterocycles. The molecule has 0 unspecified atom stereocenters. The molecule has 1 saturated carbocycles. The largest absolute Gasteiger partial charge is 0.316 e. The topological polar surface area (TPSA) is 83.6 Å². The Morgan fingerprint density at radius 1 is 1.53 bits per heavy atom. The minimum Gasteiger partial charge on any atom is -0.316 e. The molecule has 1 aliphatic rings. The summed E-state index contributed by atoms with van der Waals surface area (Å²) >= 11 is 5.95. The van der Waals surface area contributed by atoms with Gasteiger partial charge in [-0.2, -0.15) is 0 Å². The van der Waals surface area contributed by atoms with Crippen molar-refractivity contribution < 1.29 is 4.79 Å². The van der Waals surface area contributed by atoms with Crippen molar-refractivity contribution in [3.63, 3.8) is 0 Å². The minimum atomic E-state index is -0.388. The van der Waals surface area contributed by atoms with Crippen molar-refractivity contribution in [3.05, 3.63) is 34.6 Å². The van der Waals surface area contributed by atoms with Gasteiger partial charge in [0.2, 0.25) is 5.82 Å². The van der Waals surface area contributed by atoms with Gasteiger partial charge in [0.05, 0.1) is 5.69 Å². The molecular weight excluding hydrogens is 266 g/mol. The van der Waals surface area contributed by atoms with Crippen LogP contribution >= 0.6 is 11.6 Å². The summed E-state index contributed by atoms with van der Waals surface area (Å²) in [6.07, 6.45) is 3.79. The second kappa shape index (κ2) is 4.62. The molecule has 2 heterocycles. The maximum atomic E-state index is 12.0. The van der Waals surface area contributed by atoms with E-state index in [1.165, 1.54) is 0 Å². The maximum absolute atomic E-state index is 12.0. The van der Waals surface area contributed by atoms with Gasteiger partial charge in [0, 0.05) is 12.1 Å². The summed E-state index contributed by atoms with van der Waals surface area (Å²) in [5, 5.41) is 9.66. The van der Waals surface area contributed by atoms with Gasteiger partial charge in [0.25, 0.3) is 5.91 Å². The lowest BCUT2D eigenvalue weighted by Gasteiger charge is -2.07. The van der Waals surface area contributed by atoms with Crippen molar-refractivity contribution in [1.82, 2.24) is 20.2 Å². The minimum absolute atomic E-state index is 0.126. The first-order valence-electron chi connectivity index (χ1n) is 6.00. The molecule has 6 nitrogen and oxygen atoms in total. The van der Waals surface area contributed by atoms with Crippen LogP contribution < -0.4 is 5.32 Å². The van der Waals surface area contributed by atoms with Crippen molar-refractivity contribution >= 4 is 23.2 Å². The van der Waals surface area contributed by atoms with E-state index in [9.17, 15) is 4.79 Å². The molecule has 0 aliphatic heterocycles. The second-order valence-corrected chi connectivity index (χ2v) is 4.92. The van der Waals surface area contributed by atoms with Crippen molar-refractivity contribution in [2.75, 3.05) is 5.32 Å². The zero-order valence-electron chi connectivity index (χ0n) is 10.3. The van der Waals surface area contributed by atoms with Crippen LogP contribution in [0.5, 0.6) is 0 Å². The number of aromatic amines is 1. The van der Waals surface area contributed by atoms with Crippen LogP contribution in [0.25, 0.3) is 0 Å². The number of pyridine rings is 1. The van der Waals surface area contributed by atoms with E-state index < -0.39 is 0 Å². The second-order valence-electron chi connectivity index (χ2n) is 4.57. The van der Waals surface area contributed by atoms with Gasteiger partial charge in [-0.25, -0.2) is 9.97 Å². The Labute approximate surface area is 114 Å². The molecule has 2 aromatic rings. The van der Waals surface area contributed by atoms with Crippen LogP contribution in [0.1, 0.15) is 40.8 Å². The summed E-state index contributed by atoms with van der Waals surface area (Å²) in [5.41, 5.74) is 1.33. The van der Waals surface area contributed by atoms with Gasteiger partial charge in [0.15, 0.2) is 5.15 Å². The van der Waals surface area contributed by atoms with Gasteiger partial charge in [-0.3, -0.25) is 9.89 Å². The normalized spacial score (nSPS) is 14.4. The number of anilines is 1. The fourth-order valence-corrected chi connectivity index (χ4v) is 2.01. The predicted molar refractivity (Wildman–Crippen MR) is 70.3 cm³/mol. The highest BCUT2D eigenvalue weighted by Crippen LogP contribution is 2.37. The Kier molecular flexibility index (Phi) is 2.94. The van der Waals surface area contributed by atoms with Crippen LogP contribution in [0.3, 0.4) is 0 Å². The van der Waals surface area contributed by atoms with Crippen molar-refractivity contribution in [2.45, 2.75) is 25.7 Å². The first-order chi connectivity index (χ1) is 9.15. The lowest BCUT2D eigenvalue weighted by atomic mass is 10.2. The van der Waals surface area contributed by atoms with Gasteiger partial charge >= 0.3 is 0 Å². The standard InChI is InChI=1S/C12H12ClN5O/c1-6-4-5-14-9(13)8(6)15-12(19)11-16-10(17-18-11)7-2-3-7/h4-5,7H,2-3H2,1H3,(H,15,19)(H,16,17,18). The number of carbonyl (C=O) groups is 1. The van der Waals surface area contributed by atoms with E-state index in [1.807, 2.05) is 6.92 Å². The molecule has 0 saturated heterocycles. The molecule has 1 amide bonds. The zero-order valence-corrected chi connectivity index (χ0v) is 11.0. The summed E-state index contributed by atoms with van der Waals surface area (Å²) in [7, 11) is 0. The van der Waals surface area contributed by atoms with Gasteiger partial charge in [0.1, 0.15) is 5.82 Å². The van der Waals surface area contributed by atoms with Crippen LogP contribution in [-0.4, -0.2) is 26.1 Å². The van der Waals surface area contributed by atoms with Crippen LogP contribution in [0.4, 0.5) is 5.69 Å². The number of halogens is 1. The third-order valence-corrected chi connectivity index (χ3v) is 3.31. The van der Waals surface area contributed by atoms with Gasteiger partial charge < -0.3 is 5.32 Å². The van der Waals surface area contributed by atoms with Crippen molar-refractivity contribution in [1.29, 1.82) is 0 Å². The summed E-state index contributed by atoms with van der Waals surface area (Å²) in [4.78, 5) is 20.2. The molecule has 0 spiro atoms. The number of H-pyrrole nitrogens is 1. The number of hydrogen-bond donors (Lipinski definition) is 2. The third kappa shape index (κ3) is 2.44. The molecule has 0 atom stereocenters. The summed E-state index contributed by atoms with van der Waals surface area (Å²) in [6, 6.07) is 1.77. The predicted octanol–water partition coefficient (Wildman–Crippen LogP) is 2.29. The fourth-order valence-electron chi connectivity index (χ4n) is 1.76. The van der Waals surface area contributed by atoms with Gasteiger partial charge in [-0.1, -0.05) is 11.6 Å². The molecule has 7 heteroatoms. The quantitative estimate of drug-likeness (QED) is 0.843. The maximum Gasteiger partial charge on any atom is 0.295 e. The number of carbonyl (C=O) groups excluding carboxylic acids is 1. The zero-order chi connectivity index (χ0) is 13.4. The molecule has 2 N–H and O–H groups in total. The van der Waals surface area contributed by atoms with Crippen molar-refractivity contribution in [3.8, 4) is 0 Å². The number of aryl methyl sites for hydroxylation is 1. The molecule has 1 aliphatic carbocycles. The van der Waals surface area contributed by atoms with Crippen LogP contribution in [-0.2, 0) is 0 Å². The highest BCUT2D eigenvalue weighted by molar-refractivity contribution is 6.32. The number of nitrogens with zero attached hydrogens (tertiary/aromatic N) is 3. The number of amides is 1. The monoisotopic (exact) mass is 277 g/mol. The molecule has 0 radical (unpaired) electrons. The average molecular weight is 278 g/mol. The molecular formula is C12H12ClN5O. The first kappa shape index (κ1) is 12.1. The fraction of sp³-hybridized carbons (Fsp3) is 0.333. The molecule has 3 rings (SSSR count). The lowest BCUT2D eigenvalue weighted by molar-refractivity contribution is 0.101. The summed E-state index contributed by atoms with van der Waals surface area (Å²) in [6.45, 7) is 1.84. The first-order valence-corrected chi connectivity index (χ1v) is 6.37. The van der Waals surface area contributed by atoms with Crippen LogP contribution in [0.15, 0.2) is 12.3 Å². The lowest BCUT2D eigenvalue weighted by Crippen LogP contribution is -2.15. The third-order valence-electron chi connectivity index (χ3n) is 3.02. The number of nitrogens with one attached hydrogen (secondary N) is 2. The van der Waals surface area contributed by atoms with Crippen LogP contribution in [0.2, 0.25) is 5.15 Å². The van der Waals surface area contributed by atoms with Crippen LogP contribution in [0, 0.1) is 6.92 Å². The van der Waals surface area contributed by atoms with E-state index >= 15 is 0 Å². The Bertz CT molecular complexity index is 615. The van der Waals surface area contributed by atoms with E-state index in [2.05, 4.69) is 25.5 Å². The summed E-state index contributed by atoms with van der Waals surface area (Å²) < 4.78 is 0. The highest BCUT2D eigenvalue weighted by Gasteiger charge is 2.28. The summed E-state index contributed by atoms with van der Waals surface area (Å²) in [5.74, 6) is 0.944. The van der Waals surface area contributed by atoms with Gasteiger partial charge in [-0.05, 0) is 31.4 Å². The Morgan fingerprint density at radius 3 is 3.00 bits per heavy atom. The average Bonchev–Trinajstić information content (AvgIpc) is 3.12. The Morgan fingerprint density at radius 2 is 2.32 bits per heavy atom. The highest BCUT2D eigenvalue weighted by atomic mass is 35.5. The van der Waals surface area contributed by atoms with E-state index in [-0.39, 0.29) is 16.9 Å².